The molecule has 0 unspecified atom stereocenters. The maximum absolute atomic E-state index is 11.6. The van der Waals surface area contributed by atoms with E-state index in [1.807, 2.05) is 13.8 Å². The molecule has 0 aliphatic heterocycles. The molecule has 106 valence electrons. The largest absolute Gasteiger partial charge is 0.501 e. The lowest BCUT2D eigenvalue weighted by molar-refractivity contribution is -0.145. The molecule has 0 bridgehead atoms. The van der Waals surface area contributed by atoms with Crippen molar-refractivity contribution < 1.29 is 24.5 Å². The van der Waals surface area contributed by atoms with Crippen molar-refractivity contribution in [3.8, 4) is 0 Å². The summed E-state index contributed by atoms with van der Waals surface area (Å²) in [6.07, 6.45) is 2.77. The lowest BCUT2D eigenvalue weighted by Gasteiger charge is -2.27. The van der Waals surface area contributed by atoms with Crippen LogP contribution in [0, 0.1) is 5.41 Å². The Labute approximate surface area is 108 Å². The second kappa shape index (κ2) is 8.94. The van der Waals surface area contributed by atoms with Crippen LogP contribution in [0.3, 0.4) is 0 Å². The molecule has 0 aromatic carbocycles. The van der Waals surface area contributed by atoms with Gasteiger partial charge >= 0.3 is 5.97 Å². The lowest BCUT2D eigenvalue weighted by atomic mass is 9.88. The molecule has 0 amide bonds. The molecule has 0 aromatic heterocycles. The van der Waals surface area contributed by atoms with Crippen molar-refractivity contribution in [1.82, 2.24) is 0 Å². The Kier molecular flexibility index (Phi) is 8.41. The maximum atomic E-state index is 11.6. The van der Waals surface area contributed by atoms with Crippen molar-refractivity contribution >= 4 is 5.97 Å². The molecule has 0 rings (SSSR count). The predicted molar refractivity (Wildman–Crippen MR) is 67.9 cm³/mol. The minimum absolute atomic E-state index is 0.00566. The summed E-state index contributed by atoms with van der Waals surface area (Å²) in [4.78, 5) is 11.6. The molecule has 0 saturated carbocycles. The van der Waals surface area contributed by atoms with Crippen LogP contribution in [0.4, 0.5) is 0 Å². The number of aliphatic hydroxyl groups is 2. The summed E-state index contributed by atoms with van der Waals surface area (Å²) < 4.78 is 10.2. The van der Waals surface area contributed by atoms with E-state index in [0.717, 1.165) is 6.42 Å². The summed E-state index contributed by atoms with van der Waals surface area (Å²) in [5.74, 6) is -0.495. The first-order valence-electron chi connectivity index (χ1n) is 6.22. The standard InChI is InChI=1S/C13H24O5/c1-4-6-17-7-11(3)12(16)18-10-13(5-2,8-14)9-15/h7,14-15H,4-6,8-10H2,1-3H3. The molecule has 2 N–H and O–H groups in total. The first-order chi connectivity index (χ1) is 8.55. The second-order valence-corrected chi connectivity index (χ2v) is 4.42. The lowest BCUT2D eigenvalue weighted by Crippen LogP contribution is -2.35. The van der Waals surface area contributed by atoms with Crippen LogP contribution in [0.2, 0.25) is 0 Å². The zero-order chi connectivity index (χ0) is 14.0. The number of hydrogen-bond donors (Lipinski definition) is 2. The minimum Gasteiger partial charge on any atom is -0.501 e. The Morgan fingerprint density at radius 3 is 2.33 bits per heavy atom. The van der Waals surface area contributed by atoms with Crippen LogP contribution in [-0.4, -0.2) is 42.6 Å². The molecule has 0 spiro atoms. The average Bonchev–Trinajstić information content (AvgIpc) is 2.40. The van der Waals surface area contributed by atoms with Gasteiger partial charge in [0.1, 0.15) is 6.61 Å². The van der Waals surface area contributed by atoms with Gasteiger partial charge < -0.3 is 19.7 Å². The van der Waals surface area contributed by atoms with Gasteiger partial charge in [-0.2, -0.15) is 0 Å². The summed E-state index contributed by atoms with van der Waals surface area (Å²) >= 11 is 0. The molecule has 0 heterocycles. The van der Waals surface area contributed by atoms with Crippen molar-refractivity contribution in [1.29, 1.82) is 0 Å². The normalized spacial score (nSPS) is 12.4. The van der Waals surface area contributed by atoms with Gasteiger partial charge in [0.25, 0.3) is 0 Å². The van der Waals surface area contributed by atoms with Crippen LogP contribution in [-0.2, 0) is 14.3 Å². The molecule has 0 atom stereocenters. The van der Waals surface area contributed by atoms with Crippen LogP contribution in [0.1, 0.15) is 33.6 Å². The number of hydrogen-bond acceptors (Lipinski definition) is 5. The molecule has 5 heteroatoms. The minimum atomic E-state index is -0.764. The van der Waals surface area contributed by atoms with Crippen molar-refractivity contribution in [2.75, 3.05) is 26.4 Å². The molecule has 5 nitrogen and oxygen atoms in total. The summed E-state index contributed by atoms with van der Waals surface area (Å²) in [6, 6.07) is 0. The molecule has 0 aliphatic rings. The number of rotatable bonds is 9. The summed E-state index contributed by atoms with van der Waals surface area (Å²) in [5.41, 5.74) is -0.399. The average molecular weight is 260 g/mol. The van der Waals surface area contributed by atoms with E-state index in [1.54, 1.807) is 6.92 Å². The summed E-state index contributed by atoms with van der Waals surface area (Å²) in [7, 11) is 0. The van der Waals surface area contributed by atoms with E-state index in [0.29, 0.717) is 18.6 Å². The third-order valence-electron chi connectivity index (χ3n) is 2.83. The van der Waals surface area contributed by atoms with E-state index >= 15 is 0 Å². The third kappa shape index (κ3) is 5.51. The van der Waals surface area contributed by atoms with Crippen LogP contribution in [0.15, 0.2) is 11.8 Å². The van der Waals surface area contributed by atoms with Crippen molar-refractivity contribution in [2.24, 2.45) is 5.41 Å². The number of ether oxygens (including phenoxy) is 2. The molecular formula is C13H24O5. The molecule has 0 radical (unpaired) electrons. The highest BCUT2D eigenvalue weighted by atomic mass is 16.5. The maximum Gasteiger partial charge on any atom is 0.336 e. The first-order valence-corrected chi connectivity index (χ1v) is 6.22. The van der Waals surface area contributed by atoms with Crippen LogP contribution in [0.5, 0.6) is 0 Å². The summed E-state index contributed by atoms with van der Waals surface area (Å²) in [6.45, 7) is 5.51. The fourth-order valence-electron chi connectivity index (χ4n) is 1.15. The summed E-state index contributed by atoms with van der Waals surface area (Å²) in [5, 5.41) is 18.4. The van der Waals surface area contributed by atoms with Gasteiger partial charge in [0.15, 0.2) is 0 Å². The van der Waals surface area contributed by atoms with Gasteiger partial charge in [0, 0.05) is 0 Å². The Balaban J connectivity index is 4.27. The van der Waals surface area contributed by atoms with Gasteiger partial charge in [-0.25, -0.2) is 4.79 Å². The molecule has 0 aliphatic carbocycles. The zero-order valence-electron chi connectivity index (χ0n) is 11.4. The number of carbonyl (C=O) groups excluding carboxylic acids is 1. The van der Waals surface area contributed by atoms with Crippen molar-refractivity contribution in [2.45, 2.75) is 33.6 Å². The molecule has 0 fully saturated rings. The molecular weight excluding hydrogens is 236 g/mol. The van der Waals surface area contributed by atoms with Gasteiger partial charge in [-0.15, -0.1) is 0 Å². The molecule has 18 heavy (non-hydrogen) atoms. The number of aliphatic hydroxyl groups excluding tert-OH is 2. The monoisotopic (exact) mass is 260 g/mol. The quantitative estimate of drug-likeness (QED) is 0.282. The Morgan fingerprint density at radius 2 is 1.89 bits per heavy atom. The Bertz CT molecular complexity index is 260. The van der Waals surface area contributed by atoms with E-state index in [4.69, 9.17) is 9.47 Å². The van der Waals surface area contributed by atoms with Gasteiger partial charge in [-0.1, -0.05) is 13.8 Å². The first kappa shape index (κ1) is 16.9. The highest BCUT2D eigenvalue weighted by Gasteiger charge is 2.28. The van der Waals surface area contributed by atoms with Crippen molar-refractivity contribution in [3.63, 3.8) is 0 Å². The van der Waals surface area contributed by atoms with E-state index in [9.17, 15) is 15.0 Å². The highest BCUT2D eigenvalue weighted by Crippen LogP contribution is 2.21. The van der Waals surface area contributed by atoms with E-state index < -0.39 is 11.4 Å². The fourth-order valence-corrected chi connectivity index (χ4v) is 1.15. The molecule has 0 aromatic rings. The van der Waals surface area contributed by atoms with Crippen LogP contribution < -0.4 is 0 Å². The zero-order valence-corrected chi connectivity index (χ0v) is 11.4. The highest BCUT2D eigenvalue weighted by molar-refractivity contribution is 5.87. The second-order valence-electron chi connectivity index (χ2n) is 4.42. The smallest absolute Gasteiger partial charge is 0.336 e. The van der Waals surface area contributed by atoms with E-state index in [-0.39, 0.29) is 19.8 Å². The number of esters is 1. The predicted octanol–water partition coefficient (Wildman–Crippen LogP) is 1.24. The Morgan fingerprint density at radius 1 is 1.28 bits per heavy atom. The van der Waals surface area contributed by atoms with E-state index in [2.05, 4.69) is 0 Å². The molecule has 0 saturated heterocycles. The van der Waals surface area contributed by atoms with E-state index in [1.165, 1.54) is 6.26 Å². The topological polar surface area (TPSA) is 76.0 Å². The Hall–Kier alpha value is -1.07. The van der Waals surface area contributed by atoms with Gasteiger partial charge in [0.2, 0.25) is 0 Å². The third-order valence-corrected chi connectivity index (χ3v) is 2.83. The number of carbonyl (C=O) groups is 1. The van der Waals surface area contributed by atoms with Gasteiger partial charge in [0.05, 0.1) is 37.1 Å². The van der Waals surface area contributed by atoms with Crippen LogP contribution in [0.25, 0.3) is 0 Å². The van der Waals surface area contributed by atoms with Gasteiger partial charge in [-0.05, 0) is 19.8 Å². The SMILES string of the molecule is CCCOC=C(C)C(=O)OCC(CC)(CO)CO. The van der Waals surface area contributed by atoms with Gasteiger partial charge in [-0.3, -0.25) is 0 Å². The van der Waals surface area contributed by atoms with Crippen LogP contribution >= 0.6 is 0 Å². The fraction of sp³-hybridized carbons (Fsp3) is 0.769. The van der Waals surface area contributed by atoms with Crippen molar-refractivity contribution in [3.05, 3.63) is 11.8 Å².